The lowest BCUT2D eigenvalue weighted by atomic mass is 9.77. The van der Waals surface area contributed by atoms with Crippen molar-refractivity contribution in [3.05, 3.63) is 103 Å². The van der Waals surface area contributed by atoms with Gasteiger partial charge >= 0.3 is 0 Å². The molecule has 1 aliphatic carbocycles. The van der Waals surface area contributed by atoms with E-state index >= 15 is 0 Å². The minimum Gasteiger partial charge on any atom is -0.349 e. The van der Waals surface area contributed by atoms with Crippen LogP contribution in [0.1, 0.15) is 32.4 Å². The van der Waals surface area contributed by atoms with Crippen LogP contribution in [0.25, 0.3) is 0 Å². The van der Waals surface area contributed by atoms with Crippen molar-refractivity contribution in [3.8, 4) is 0 Å². The van der Waals surface area contributed by atoms with Crippen LogP contribution in [0.3, 0.4) is 0 Å². The minimum atomic E-state index is -2.16. The minimum absolute atomic E-state index is 0.122. The Balaban J connectivity index is 1.51. The van der Waals surface area contributed by atoms with E-state index in [0.29, 0.717) is 5.56 Å². The van der Waals surface area contributed by atoms with Crippen LogP contribution >= 0.6 is 22.6 Å². The van der Waals surface area contributed by atoms with Gasteiger partial charge in [0.05, 0.1) is 28.6 Å². The highest BCUT2D eigenvalue weighted by Gasteiger charge is 2.74. The highest BCUT2D eigenvalue weighted by molar-refractivity contribution is 14.1. The van der Waals surface area contributed by atoms with Crippen LogP contribution in [0.15, 0.2) is 72.8 Å². The van der Waals surface area contributed by atoms with Crippen molar-refractivity contribution in [1.29, 1.82) is 0 Å². The maximum absolute atomic E-state index is 13.8. The van der Waals surface area contributed by atoms with Gasteiger partial charge < -0.3 is 4.74 Å². The molecule has 0 bridgehead atoms. The second kappa shape index (κ2) is 7.87. The number of ether oxygens (including phenoxy) is 1. The summed E-state index contributed by atoms with van der Waals surface area (Å²) in [5, 5.41) is 11.1. The predicted molar refractivity (Wildman–Crippen MR) is 133 cm³/mol. The zero-order chi connectivity index (χ0) is 25.4. The number of nitro benzene ring substituents is 1. The molecule has 0 aromatic heterocycles. The van der Waals surface area contributed by atoms with Crippen LogP contribution in [0.5, 0.6) is 0 Å². The van der Waals surface area contributed by atoms with Gasteiger partial charge in [-0.15, -0.1) is 0 Å². The van der Waals surface area contributed by atoms with E-state index < -0.39 is 51.8 Å². The van der Waals surface area contributed by atoms with Gasteiger partial charge in [-0.05, 0) is 52.4 Å². The maximum Gasteiger partial charge on any atom is 0.269 e. The zero-order valence-electron chi connectivity index (χ0n) is 18.3. The number of rotatable bonds is 3. The Bertz CT molecular complexity index is 1460. The number of ketones is 2. The van der Waals surface area contributed by atoms with Crippen molar-refractivity contribution in [2.45, 2.75) is 11.7 Å². The van der Waals surface area contributed by atoms with E-state index in [1.165, 1.54) is 36.4 Å². The molecular formula is C26H15IN2O7. The van der Waals surface area contributed by atoms with Gasteiger partial charge in [0.15, 0.2) is 0 Å². The van der Waals surface area contributed by atoms with Gasteiger partial charge in [0.2, 0.25) is 29.0 Å². The highest BCUT2D eigenvalue weighted by atomic mass is 127. The lowest BCUT2D eigenvalue weighted by Gasteiger charge is -2.27. The molecular weight excluding hydrogens is 579 g/mol. The maximum atomic E-state index is 13.8. The number of imide groups is 1. The molecule has 3 aromatic carbocycles. The molecule has 2 saturated heterocycles. The van der Waals surface area contributed by atoms with Crippen LogP contribution in [0.4, 0.5) is 11.4 Å². The van der Waals surface area contributed by atoms with Crippen molar-refractivity contribution in [3.63, 3.8) is 0 Å². The topological polar surface area (TPSA) is 124 Å². The number of Topliss-reactive ketones (excluding diaryl/α,β-unsaturated/α-hetero) is 2. The summed E-state index contributed by atoms with van der Waals surface area (Å²) in [5.41, 5.74) is -1.38. The highest BCUT2D eigenvalue weighted by Crippen LogP contribution is 2.57. The average Bonchev–Trinajstić information content (AvgIpc) is 3.44. The average molecular weight is 594 g/mol. The molecule has 178 valence electrons. The summed E-state index contributed by atoms with van der Waals surface area (Å²) in [4.78, 5) is 66.4. The number of fused-ring (bicyclic) bond motifs is 3. The van der Waals surface area contributed by atoms with E-state index in [2.05, 4.69) is 22.6 Å². The van der Waals surface area contributed by atoms with Crippen LogP contribution in [-0.4, -0.2) is 33.9 Å². The summed E-state index contributed by atoms with van der Waals surface area (Å²) in [7, 11) is 0. The number of amides is 2. The van der Waals surface area contributed by atoms with Gasteiger partial charge in [0.1, 0.15) is 0 Å². The quantitative estimate of drug-likeness (QED) is 0.148. The second-order valence-electron chi connectivity index (χ2n) is 8.82. The predicted octanol–water partition coefficient (Wildman–Crippen LogP) is 3.89. The molecule has 0 radical (unpaired) electrons. The SMILES string of the molecule is O=C1[C@@H]2[C@H](c3ccc(I)cc3)OC3(C(=O)c4ccccc4C3=O)[C@H]2C(=O)N1c1ccc([N+](=O)[O-])cc1. The van der Waals surface area contributed by atoms with Gasteiger partial charge in [0.25, 0.3) is 5.69 Å². The second-order valence-corrected chi connectivity index (χ2v) is 10.1. The first-order chi connectivity index (χ1) is 17.3. The van der Waals surface area contributed by atoms with Gasteiger partial charge in [0, 0.05) is 26.8 Å². The number of anilines is 1. The van der Waals surface area contributed by atoms with Gasteiger partial charge in [-0.25, -0.2) is 4.90 Å². The van der Waals surface area contributed by atoms with Gasteiger partial charge in [-0.3, -0.25) is 29.3 Å². The molecule has 3 aliphatic rings. The number of non-ortho nitro benzene ring substituents is 1. The van der Waals surface area contributed by atoms with E-state index in [9.17, 15) is 29.3 Å². The fourth-order valence-electron chi connectivity index (χ4n) is 5.45. The molecule has 2 heterocycles. The Labute approximate surface area is 217 Å². The third-order valence-corrected chi connectivity index (χ3v) is 7.76. The largest absolute Gasteiger partial charge is 0.349 e. The normalized spacial score (nSPS) is 23.9. The van der Waals surface area contributed by atoms with Crippen LogP contribution < -0.4 is 4.90 Å². The van der Waals surface area contributed by atoms with Crippen LogP contribution in [0, 0.1) is 25.5 Å². The molecule has 2 aliphatic heterocycles. The molecule has 2 fully saturated rings. The summed E-state index contributed by atoms with van der Waals surface area (Å²) in [6.45, 7) is 0. The van der Waals surface area contributed by atoms with Crippen molar-refractivity contribution in [2.24, 2.45) is 11.8 Å². The van der Waals surface area contributed by atoms with Crippen LogP contribution in [-0.2, 0) is 14.3 Å². The summed E-state index contributed by atoms with van der Waals surface area (Å²) in [5.74, 6) is -5.17. The molecule has 10 heteroatoms. The first-order valence-electron chi connectivity index (χ1n) is 11.0. The molecule has 0 saturated carbocycles. The Morgan fingerprint density at radius 2 is 1.42 bits per heavy atom. The third kappa shape index (κ3) is 2.91. The van der Waals surface area contributed by atoms with Gasteiger partial charge in [-0.2, -0.15) is 0 Å². The summed E-state index contributed by atoms with van der Waals surface area (Å²) in [6, 6.07) is 18.3. The number of hydrogen-bond donors (Lipinski definition) is 0. The lowest BCUT2D eigenvalue weighted by Crippen LogP contribution is -2.51. The molecule has 2 amide bonds. The van der Waals surface area contributed by atoms with Crippen molar-refractivity contribution in [2.75, 3.05) is 4.90 Å². The Kier molecular flexibility index (Phi) is 4.96. The summed E-state index contributed by atoms with van der Waals surface area (Å²) >= 11 is 2.13. The smallest absolute Gasteiger partial charge is 0.269 e. The van der Waals surface area contributed by atoms with E-state index in [-0.39, 0.29) is 22.5 Å². The fourth-order valence-corrected chi connectivity index (χ4v) is 5.81. The van der Waals surface area contributed by atoms with Crippen molar-refractivity contribution in [1.82, 2.24) is 0 Å². The molecule has 6 rings (SSSR count). The molecule has 36 heavy (non-hydrogen) atoms. The lowest BCUT2D eigenvalue weighted by molar-refractivity contribution is -0.384. The van der Waals surface area contributed by atoms with Gasteiger partial charge in [-0.1, -0.05) is 36.4 Å². The number of carbonyl (C=O) groups is 4. The Morgan fingerprint density at radius 3 is 1.97 bits per heavy atom. The number of carbonyl (C=O) groups excluding carboxylic acids is 4. The van der Waals surface area contributed by atoms with E-state index in [1.807, 2.05) is 12.1 Å². The van der Waals surface area contributed by atoms with Crippen LogP contribution in [0.2, 0.25) is 0 Å². The van der Waals surface area contributed by atoms with Crippen molar-refractivity contribution >= 4 is 57.3 Å². The molecule has 1 spiro atoms. The van der Waals surface area contributed by atoms with E-state index in [0.717, 1.165) is 8.47 Å². The number of benzene rings is 3. The number of nitro groups is 1. The molecule has 0 unspecified atom stereocenters. The first-order valence-corrected chi connectivity index (χ1v) is 12.1. The monoisotopic (exact) mass is 594 g/mol. The van der Waals surface area contributed by atoms with E-state index in [1.54, 1.807) is 24.3 Å². The number of halogens is 1. The first kappa shape index (κ1) is 22.7. The molecule has 3 atom stereocenters. The third-order valence-electron chi connectivity index (χ3n) is 7.04. The number of hydrogen-bond acceptors (Lipinski definition) is 7. The summed E-state index contributed by atoms with van der Waals surface area (Å²) in [6.07, 6.45) is -1.02. The Hall–Kier alpha value is -3.77. The standard InChI is InChI=1S/C26H15IN2O7/c27-14-7-5-13(6-8-14)21-19-20(26(36-21)22(30)17-3-1-2-4-18(17)23(26)31)25(33)28(24(19)32)15-9-11-16(12-10-15)29(34)35/h1-12,19-21H/t19-,20+,21-/m0/s1. The molecule has 0 N–H and O–H groups in total. The number of nitrogens with zero attached hydrogens (tertiary/aromatic N) is 2. The summed E-state index contributed by atoms with van der Waals surface area (Å²) < 4.78 is 7.16. The molecule has 3 aromatic rings. The van der Waals surface area contributed by atoms with Crippen molar-refractivity contribution < 1.29 is 28.8 Å². The van der Waals surface area contributed by atoms with E-state index in [4.69, 9.17) is 4.74 Å². The fraction of sp³-hybridized carbons (Fsp3) is 0.154. The Morgan fingerprint density at radius 1 is 0.833 bits per heavy atom. The zero-order valence-corrected chi connectivity index (χ0v) is 20.4. The molecule has 9 nitrogen and oxygen atoms in total.